The van der Waals surface area contributed by atoms with Gasteiger partial charge in [-0.1, -0.05) is 34.1 Å². The first-order valence-electron chi connectivity index (χ1n) is 10.8. The number of rotatable bonds is 6. The highest BCUT2D eigenvalue weighted by Gasteiger charge is 2.23. The van der Waals surface area contributed by atoms with Crippen molar-refractivity contribution in [2.75, 3.05) is 26.0 Å². The lowest BCUT2D eigenvalue weighted by Crippen LogP contribution is -2.43. The van der Waals surface area contributed by atoms with Crippen LogP contribution in [-0.4, -0.2) is 39.2 Å². The highest BCUT2D eigenvalue weighted by atomic mass is 79.9. The largest absolute Gasteiger partial charge is 0.341 e. The normalized spacial score (nSPS) is 11.4. The van der Waals surface area contributed by atoms with Gasteiger partial charge in [-0.25, -0.2) is 4.79 Å². The minimum absolute atomic E-state index is 0.215. The van der Waals surface area contributed by atoms with Gasteiger partial charge < -0.3 is 10.2 Å². The van der Waals surface area contributed by atoms with Crippen molar-refractivity contribution < 1.29 is 0 Å². The number of halogens is 1. The summed E-state index contributed by atoms with van der Waals surface area (Å²) >= 11 is 3.42. The van der Waals surface area contributed by atoms with Crippen molar-refractivity contribution >= 4 is 38.3 Å². The van der Waals surface area contributed by atoms with E-state index in [0.717, 1.165) is 4.47 Å². The summed E-state index contributed by atoms with van der Waals surface area (Å²) in [4.78, 5) is 42.6. The predicted octanol–water partition coefficient (Wildman–Crippen LogP) is 3.23. The molecule has 0 aliphatic carbocycles. The Morgan fingerprint density at radius 1 is 0.941 bits per heavy atom. The second-order valence-corrected chi connectivity index (χ2v) is 9.32. The zero-order chi connectivity index (χ0) is 24.6. The summed E-state index contributed by atoms with van der Waals surface area (Å²) in [5.74, 6) is 0.334. The molecule has 176 valence electrons. The van der Waals surface area contributed by atoms with Gasteiger partial charge >= 0.3 is 5.69 Å². The molecule has 0 amide bonds. The molecule has 1 N–H and O–H groups in total. The summed E-state index contributed by atoms with van der Waals surface area (Å²) in [6.07, 6.45) is 0. The van der Waals surface area contributed by atoms with E-state index in [4.69, 9.17) is 0 Å². The molecule has 0 spiro atoms. The molecular formula is C25H26BrN5O3. The number of pyridine rings is 1. The Hall–Kier alpha value is -3.43. The monoisotopic (exact) mass is 523 g/mol. The summed E-state index contributed by atoms with van der Waals surface area (Å²) in [6.45, 7) is 2.37. The van der Waals surface area contributed by atoms with Gasteiger partial charge in [-0.05, 0) is 57.4 Å². The number of hydrogen-bond acceptors (Lipinski definition) is 5. The van der Waals surface area contributed by atoms with Crippen molar-refractivity contribution in [3.63, 3.8) is 0 Å². The van der Waals surface area contributed by atoms with Crippen molar-refractivity contribution in [2.45, 2.75) is 13.5 Å². The van der Waals surface area contributed by atoms with E-state index in [1.54, 1.807) is 26.1 Å². The second kappa shape index (κ2) is 9.44. The van der Waals surface area contributed by atoms with Crippen LogP contribution in [0.25, 0.3) is 16.6 Å². The number of fused-ring (bicyclic) bond motifs is 1. The lowest BCUT2D eigenvalue weighted by Gasteiger charge is -2.21. The number of hydrogen-bond donors (Lipinski definition) is 1. The average molecular weight is 524 g/mol. The van der Waals surface area contributed by atoms with E-state index >= 15 is 0 Å². The van der Waals surface area contributed by atoms with Gasteiger partial charge in [0, 0.05) is 35.9 Å². The predicted molar refractivity (Wildman–Crippen MR) is 140 cm³/mol. The molecule has 4 rings (SSSR count). The van der Waals surface area contributed by atoms with E-state index in [0.29, 0.717) is 34.8 Å². The van der Waals surface area contributed by atoms with Crippen LogP contribution in [0.15, 0.2) is 73.5 Å². The molecule has 34 heavy (non-hydrogen) atoms. The van der Waals surface area contributed by atoms with E-state index in [9.17, 15) is 14.4 Å². The van der Waals surface area contributed by atoms with E-state index in [1.807, 2.05) is 61.5 Å². The fourth-order valence-electron chi connectivity index (χ4n) is 3.97. The Balaban J connectivity index is 2.15. The summed E-state index contributed by atoms with van der Waals surface area (Å²) in [6, 6.07) is 16.5. The lowest BCUT2D eigenvalue weighted by atomic mass is 10.1. The van der Waals surface area contributed by atoms with Gasteiger partial charge in [0.1, 0.15) is 11.2 Å². The van der Waals surface area contributed by atoms with Gasteiger partial charge in [0.05, 0.1) is 11.2 Å². The maximum atomic E-state index is 13.8. The summed E-state index contributed by atoms with van der Waals surface area (Å²) in [5, 5.41) is 3.53. The molecule has 4 aromatic rings. The Morgan fingerprint density at radius 2 is 1.59 bits per heavy atom. The molecule has 2 aromatic heterocycles. The number of aryl methyl sites for hydroxylation is 1. The summed E-state index contributed by atoms with van der Waals surface area (Å²) in [5.41, 5.74) is 0.731. The van der Waals surface area contributed by atoms with E-state index in [2.05, 4.69) is 21.2 Å². The van der Waals surface area contributed by atoms with Gasteiger partial charge in [-0.2, -0.15) is 0 Å². The first-order chi connectivity index (χ1) is 16.2. The molecule has 8 nitrogen and oxygen atoms in total. The summed E-state index contributed by atoms with van der Waals surface area (Å²) < 4.78 is 5.05. The number of likely N-dealkylation sites (N-methyl/N-ethyl adjacent to an activating group) is 1. The molecule has 0 aliphatic heterocycles. The van der Waals surface area contributed by atoms with Crippen molar-refractivity contribution in [1.29, 1.82) is 0 Å². The Morgan fingerprint density at radius 3 is 2.21 bits per heavy atom. The van der Waals surface area contributed by atoms with Crippen LogP contribution >= 0.6 is 15.9 Å². The maximum Gasteiger partial charge on any atom is 0.336 e. The van der Waals surface area contributed by atoms with Crippen LogP contribution < -0.4 is 22.1 Å². The van der Waals surface area contributed by atoms with Crippen LogP contribution in [0.4, 0.5) is 11.5 Å². The topological polar surface area (TPSA) is 81.3 Å². The number of nitrogens with one attached hydrogen (secondary N) is 1. The molecule has 0 saturated carbocycles. The highest BCUT2D eigenvalue weighted by molar-refractivity contribution is 9.10. The lowest BCUT2D eigenvalue weighted by molar-refractivity contribution is 0.376. The van der Waals surface area contributed by atoms with Crippen molar-refractivity contribution in [3.05, 3.63) is 95.8 Å². The van der Waals surface area contributed by atoms with E-state index in [1.165, 1.54) is 13.7 Å². The molecule has 9 heteroatoms. The third-order valence-electron chi connectivity index (χ3n) is 5.79. The zero-order valence-electron chi connectivity index (χ0n) is 19.5. The third-order valence-corrected chi connectivity index (χ3v) is 6.32. The molecule has 0 bridgehead atoms. The van der Waals surface area contributed by atoms with Gasteiger partial charge in [0.15, 0.2) is 0 Å². The molecule has 2 heterocycles. The number of aromatic nitrogens is 3. The first-order valence-corrected chi connectivity index (χ1v) is 11.6. The molecule has 0 atom stereocenters. The number of para-hydroxylation sites is 1. The minimum atomic E-state index is -0.475. The third kappa shape index (κ3) is 4.24. The second-order valence-electron chi connectivity index (χ2n) is 8.41. The molecule has 0 fully saturated rings. The van der Waals surface area contributed by atoms with E-state index < -0.39 is 11.2 Å². The zero-order valence-corrected chi connectivity index (χ0v) is 21.1. The summed E-state index contributed by atoms with van der Waals surface area (Å²) in [7, 11) is 5.39. The van der Waals surface area contributed by atoms with Crippen LogP contribution in [0.3, 0.4) is 0 Å². The average Bonchev–Trinajstić information content (AvgIpc) is 2.82. The Kier molecular flexibility index (Phi) is 6.58. The quantitative estimate of drug-likeness (QED) is 0.419. The van der Waals surface area contributed by atoms with Crippen molar-refractivity contribution in [3.8, 4) is 5.69 Å². The Bertz CT molecular complexity index is 1530. The van der Waals surface area contributed by atoms with Gasteiger partial charge in [-0.3, -0.25) is 23.3 Å². The molecule has 0 aliphatic rings. The highest BCUT2D eigenvalue weighted by Crippen LogP contribution is 2.26. The maximum absolute atomic E-state index is 13.8. The molecule has 0 radical (unpaired) electrons. The van der Waals surface area contributed by atoms with E-state index in [-0.39, 0.29) is 17.5 Å². The fourth-order valence-corrected chi connectivity index (χ4v) is 4.24. The molecule has 0 unspecified atom stereocenters. The smallest absolute Gasteiger partial charge is 0.336 e. The number of nitrogens with zero attached hydrogens (tertiary/aromatic N) is 4. The van der Waals surface area contributed by atoms with Gasteiger partial charge in [-0.15, -0.1) is 0 Å². The van der Waals surface area contributed by atoms with Gasteiger partial charge in [0.2, 0.25) is 0 Å². The van der Waals surface area contributed by atoms with Crippen LogP contribution in [-0.2, 0) is 13.6 Å². The molecular weight excluding hydrogens is 498 g/mol. The SMILES string of the molecule is Cc1c(=O)n(C)c(Nc2ccc(Br)cc2)c2c(=O)n(CCN(C)C)c(=O)n(-c3ccccc3)c12. The van der Waals surface area contributed by atoms with Crippen molar-refractivity contribution in [2.24, 2.45) is 7.05 Å². The Labute approximate surface area is 204 Å². The number of anilines is 2. The van der Waals surface area contributed by atoms with Crippen molar-refractivity contribution in [1.82, 2.24) is 18.6 Å². The number of benzene rings is 2. The van der Waals surface area contributed by atoms with Crippen LogP contribution in [0.1, 0.15) is 5.56 Å². The molecule has 0 saturated heterocycles. The van der Waals surface area contributed by atoms with Crippen LogP contribution in [0, 0.1) is 6.92 Å². The fraction of sp³-hybridized carbons (Fsp3) is 0.240. The molecule has 2 aromatic carbocycles. The first kappa shape index (κ1) is 23.7. The van der Waals surface area contributed by atoms with Crippen LogP contribution in [0.2, 0.25) is 0 Å². The standard InChI is InChI=1S/C25H26BrN5O3/c1-16-21-20(22(29(4)23(16)32)27-18-12-10-17(26)11-13-18)24(33)30(15-14-28(2)3)25(34)31(21)19-8-6-5-7-9-19/h5-13,27H,14-15H2,1-4H3. The van der Waals surface area contributed by atoms with Crippen LogP contribution in [0.5, 0.6) is 0 Å². The minimum Gasteiger partial charge on any atom is -0.341 e. The van der Waals surface area contributed by atoms with Gasteiger partial charge in [0.25, 0.3) is 11.1 Å².